The average molecular weight is 180 g/mol. The predicted molar refractivity (Wildman–Crippen MR) is 52.5 cm³/mol. The molecule has 2 nitrogen and oxygen atoms in total. The summed E-state index contributed by atoms with van der Waals surface area (Å²) in [6.45, 7) is 3.22. The molecule has 1 atom stereocenters. The summed E-state index contributed by atoms with van der Waals surface area (Å²) in [5, 5.41) is 19.1. The van der Waals surface area contributed by atoms with Crippen molar-refractivity contribution in [3.05, 3.63) is 35.9 Å². The van der Waals surface area contributed by atoms with Crippen LogP contribution in [0.5, 0.6) is 0 Å². The zero-order valence-corrected chi connectivity index (χ0v) is 8.07. The maximum atomic E-state index is 9.59. The van der Waals surface area contributed by atoms with Gasteiger partial charge in [-0.25, -0.2) is 0 Å². The van der Waals surface area contributed by atoms with E-state index in [0.29, 0.717) is 6.42 Å². The van der Waals surface area contributed by atoms with E-state index >= 15 is 0 Å². The molecule has 2 N–H and O–H groups in total. The third-order valence-corrected chi connectivity index (χ3v) is 2.09. The van der Waals surface area contributed by atoms with Gasteiger partial charge in [-0.15, -0.1) is 0 Å². The maximum absolute atomic E-state index is 9.59. The average Bonchev–Trinajstić information content (AvgIpc) is 2.04. The van der Waals surface area contributed by atoms with Crippen LogP contribution in [-0.2, 0) is 6.42 Å². The highest BCUT2D eigenvalue weighted by Gasteiger charge is 2.24. The van der Waals surface area contributed by atoms with Gasteiger partial charge in [-0.3, -0.25) is 0 Å². The van der Waals surface area contributed by atoms with Crippen LogP contribution in [0.4, 0.5) is 0 Å². The number of hydrogen-bond donors (Lipinski definition) is 2. The predicted octanol–water partition coefficient (Wildman–Crippen LogP) is 1.36. The van der Waals surface area contributed by atoms with Gasteiger partial charge in [0, 0.05) is 6.42 Å². The highest BCUT2D eigenvalue weighted by atomic mass is 16.3. The van der Waals surface area contributed by atoms with Crippen LogP contribution in [0.15, 0.2) is 30.3 Å². The SMILES string of the molecule is CC(C)(O)[C@H](O)Cc1ccccc1. The lowest BCUT2D eigenvalue weighted by Crippen LogP contribution is -2.37. The molecular formula is C11H16O2. The maximum Gasteiger partial charge on any atom is 0.0861 e. The number of benzene rings is 1. The molecule has 0 aliphatic carbocycles. The van der Waals surface area contributed by atoms with Gasteiger partial charge in [-0.05, 0) is 19.4 Å². The highest BCUT2D eigenvalue weighted by molar-refractivity contribution is 5.16. The van der Waals surface area contributed by atoms with E-state index in [4.69, 9.17) is 0 Å². The molecule has 0 saturated heterocycles. The normalized spacial score (nSPS) is 14.2. The molecule has 0 aliphatic rings. The van der Waals surface area contributed by atoms with E-state index in [0.717, 1.165) is 5.56 Å². The Morgan fingerprint density at radius 3 is 2.23 bits per heavy atom. The van der Waals surface area contributed by atoms with Crippen LogP contribution < -0.4 is 0 Å². The Morgan fingerprint density at radius 1 is 1.23 bits per heavy atom. The second-order valence-electron chi connectivity index (χ2n) is 3.86. The van der Waals surface area contributed by atoms with E-state index in [1.165, 1.54) is 0 Å². The molecule has 0 spiro atoms. The summed E-state index contributed by atoms with van der Waals surface area (Å²) in [7, 11) is 0. The summed E-state index contributed by atoms with van der Waals surface area (Å²) in [5.41, 5.74) is 0.00710. The number of rotatable bonds is 3. The first kappa shape index (κ1) is 10.2. The number of hydrogen-bond acceptors (Lipinski definition) is 2. The molecule has 2 heteroatoms. The van der Waals surface area contributed by atoms with Gasteiger partial charge >= 0.3 is 0 Å². The van der Waals surface area contributed by atoms with E-state index in [1.54, 1.807) is 13.8 Å². The summed E-state index contributed by atoms with van der Waals surface area (Å²) in [6.07, 6.45) is -0.223. The van der Waals surface area contributed by atoms with E-state index in [-0.39, 0.29) is 0 Å². The van der Waals surface area contributed by atoms with E-state index in [2.05, 4.69) is 0 Å². The quantitative estimate of drug-likeness (QED) is 0.737. The third kappa shape index (κ3) is 3.17. The standard InChI is InChI=1S/C11H16O2/c1-11(2,13)10(12)8-9-6-4-3-5-7-9/h3-7,10,12-13H,8H2,1-2H3/t10-/m1/s1. The molecular weight excluding hydrogens is 164 g/mol. The van der Waals surface area contributed by atoms with Crippen molar-refractivity contribution in [3.8, 4) is 0 Å². The second kappa shape index (κ2) is 3.90. The van der Waals surface area contributed by atoms with Crippen molar-refractivity contribution < 1.29 is 10.2 Å². The minimum Gasteiger partial charge on any atom is -0.390 e. The molecule has 13 heavy (non-hydrogen) atoms. The molecule has 1 aromatic carbocycles. The molecule has 0 aromatic heterocycles. The minimum absolute atomic E-state index is 0.490. The fourth-order valence-electron chi connectivity index (χ4n) is 1.09. The molecule has 0 amide bonds. The second-order valence-corrected chi connectivity index (χ2v) is 3.86. The van der Waals surface area contributed by atoms with Crippen molar-refractivity contribution >= 4 is 0 Å². The van der Waals surface area contributed by atoms with Gasteiger partial charge in [0.05, 0.1) is 11.7 Å². The Balaban J connectivity index is 2.61. The monoisotopic (exact) mass is 180 g/mol. The lowest BCUT2D eigenvalue weighted by atomic mass is 9.95. The molecule has 1 aromatic rings. The Hall–Kier alpha value is -0.860. The first-order valence-corrected chi connectivity index (χ1v) is 4.44. The zero-order valence-electron chi connectivity index (χ0n) is 8.07. The van der Waals surface area contributed by atoms with Crippen LogP contribution >= 0.6 is 0 Å². The summed E-state index contributed by atoms with van der Waals surface area (Å²) < 4.78 is 0. The molecule has 1 rings (SSSR count). The molecule has 0 aliphatic heterocycles. The summed E-state index contributed by atoms with van der Waals surface area (Å²) in [6, 6.07) is 9.66. The zero-order chi connectivity index (χ0) is 9.90. The van der Waals surface area contributed by atoms with Gasteiger partial charge in [0.15, 0.2) is 0 Å². The lowest BCUT2D eigenvalue weighted by Gasteiger charge is -2.24. The van der Waals surface area contributed by atoms with Gasteiger partial charge in [0.25, 0.3) is 0 Å². The summed E-state index contributed by atoms with van der Waals surface area (Å²) in [4.78, 5) is 0. The van der Waals surface area contributed by atoms with Crippen LogP contribution in [0.2, 0.25) is 0 Å². The Labute approximate surface area is 78.8 Å². The molecule has 0 saturated carbocycles. The van der Waals surface area contributed by atoms with Crippen LogP contribution in [0.1, 0.15) is 19.4 Å². The number of aliphatic hydroxyl groups is 2. The van der Waals surface area contributed by atoms with E-state index < -0.39 is 11.7 Å². The highest BCUT2D eigenvalue weighted by Crippen LogP contribution is 2.13. The van der Waals surface area contributed by atoms with Crippen molar-refractivity contribution in [3.63, 3.8) is 0 Å². The summed E-state index contributed by atoms with van der Waals surface area (Å²) >= 11 is 0. The van der Waals surface area contributed by atoms with Crippen LogP contribution in [0.25, 0.3) is 0 Å². The molecule has 0 heterocycles. The van der Waals surface area contributed by atoms with Gasteiger partial charge in [-0.1, -0.05) is 30.3 Å². The fraction of sp³-hybridized carbons (Fsp3) is 0.455. The largest absolute Gasteiger partial charge is 0.390 e. The molecule has 0 radical (unpaired) electrons. The molecule has 0 bridgehead atoms. The Kier molecular flexibility index (Phi) is 3.07. The van der Waals surface area contributed by atoms with Crippen LogP contribution in [-0.4, -0.2) is 21.9 Å². The van der Waals surface area contributed by atoms with Gasteiger partial charge < -0.3 is 10.2 Å². The van der Waals surface area contributed by atoms with Crippen molar-refractivity contribution in [2.75, 3.05) is 0 Å². The number of aliphatic hydroxyl groups excluding tert-OH is 1. The van der Waals surface area contributed by atoms with Crippen molar-refractivity contribution in [1.82, 2.24) is 0 Å². The summed E-state index contributed by atoms with van der Waals surface area (Å²) in [5.74, 6) is 0. The Morgan fingerprint density at radius 2 is 1.77 bits per heavy atom. The molecule has 0 unspecified atom stereocenters. The van der Waals surface area contributed by atoms with Gasteiger partial charge in [-0.2, -0.15) is 0 Å². The van der Waals surface area contributed by atoms with Crippen molar-refractivity contribution in [2.24, 2.45) is 0 Å². The van der Waals surface area contributed by atoms with Crippen molar-refractivity contribution in [1.29, 1.82) is 0 Å². The van der Waals surface area contributed by atoms with E-state index in [9.17, 15) is 10.2 Å². The lowest BCUT2D eigenvalue weighted by molar-refractivity contribution is -0.0469. The van der Waals surface area contributed by atoms with Crippen LogP contribution in [0.3, 0.4) is 0 Å². The minimum atomic E-state index is -1.03. The first-order valence-electron chi connectivity index (χ1n) is 4.44. The molecule has 0 fully saturated rings. The van der Waals surface area contributed by atoms with Gasteiger partial charge in [0.2, 0.25) is 0 Å². The van der Waals surface area contributed by atoms with Crippen molar-refractivity contribution in [2.45, 2.75) is 32.0 Å². The fourth-order valence-corrected chi connectivity index (χ4v) is 1.09. The smallest absolute Gasteiger partial charge is 0.0861 e. The molecule has 72 valence electrons. The van der Waals surface area contributed by atoms with E-state index in [1.807, 2.05) is 30.3 Å². The topological polar surface area (TPSA) is 40.5 Å². The van der Waals surface area contributed by atoms with Crippen LogP contribution in [0, 0.1) is 0 Å². The first-order chi connectivity index (χ1) is 6.00. The third-order valence-electron chi connectivity index (χ3n) is 2.09. The van der Waals surface area contributed by atoms with Gasteiger partial charge in [0.1, 0.15) is 0 Å². The Bertz CT molecular complexity index is 249.